The van der Waals surface area contributed by atoms with Crippen molar-refractivity contribution in [2.75, 3.05) is 18.4 Å². The molecular formula is C13H20N4O. The van der Waals surface area contributed by atoms with Gasteiger partial charge in [-0.1, -0.05) is 19.9 Å². The van der Waals surface area contributed by atoms with Crippen LogP contribution in [0.15, 0.2) is 24.9 Å². The van der Waals surface area contributed by atoms with Gasteiger partial charge in [0.15, 0.2) is 0 Å². The van der Waals surface area contributed by atoms with Crippen LogP contribution in [0, 0.1) is 5.92 Å². The van der Waals surface area contributed by atoms with Crippen LogP contribution < -0.4 is 10.6 Å². The first-order valence-corrected chi connectivity index (χ1v) is 6.09. The first kappa shape index (κ1) is 14.2. The number of nitrogens with one attached hydrogen (secondary N) is 2. The van der Waals surface area contributed by atoms with Crippen molar-refractivity contribution in [3.8, 4) is 0 Å². The van der Waals surface area contributed by atoms with Gasteiger partial charge in [0, 0.05) is 19.3 Å². The second kappa shape index (κ2) is 7.42. The molecule has 5 heteroatoms. The van der Waals surface area contributed by atoms with Crippen molar-refractivity contribution in [3.63, 3.8) is 0 Å². The van der Waals surface area contributed by atoms with Crippen molar-refractivity contribution in [3.05, 3.63) is 30.6 Å². The summed E-state index contributed by atoms with van der Waals surface area (Å²) in [5.74, 6) is 0.839. The minimum absolute atomic E-state index is 0.167. The zero-order valence-electron chi connectivity index (χ0n) is 10.9. The van der Waals surface area contributed by atoms with Gasteiger partial charge >= 0.3 is 0 Å². The summed E-state index contributed by atoms with van der Waals surface area (Å²) in [7, 11) is 0. The monoisotopic (exact) mass is 248 g/mol. The van der Waals surface area contributed by atoms with E-state index in [2.05, 4.69) is 41.0 Å². The van der Waals surface area contributed by atoms with Gasteiger partial charge in [-0.05, 0) is 18.4 Å². The number of carbonyl (C=O) groups is 1. The van der Waals surface area contributed by atoms with E-state index in [1.807, 2.05) is 0 Å². The summed E-state index contributed by atoms with van der Waals surface area (Å²) in [6, 6.07) is 1.60. The molecule has 1 aromatic rings. The lowest BCUT2D eigenvalue weighted by molar-refractivity contribution is 0.0947. The second-order valence-electron chi connectivity index (χ2n) is 4.37. The van der Waals surface area contributed by atoms with Crippen molar-refractivity contribution in [2.24, 2.45) is 5.92 Å². The molecule has 0 unspecified atom stereocenters. The van der Waals surface area contributed by atoms with Gasteiger partial charge in [0.2, 0.25) is 5.95 Å². The van der Waals surface area contributed by atoms with Crippen LogP contribution in [0.1, 0.15) is 30.8 Å². The molecule has 0 saturated heterocycles. The zero-order chi connectivity index (χ0) is 13.4. The van der Waals surface area contributed by atoms with Crippen LogP contribution in [-0.2, 0) is 0 Å². The fraction of sp³-hybridized carbons (Fsp3) is 0.462. The van der Waals surface area contributed by atoms with Crippen LogP contribution in [0.25, 0.3) is 0 Å². The first-order valence-electron chi connectivity index (χ1n) is 6.09. The van der Waals surface area contributed by atoms with E-state index < -0.39 is 0 Å². The SMILES string of the molecule is C=CCNc1nccc(C(=O)NCCC(C)C)n1. The number of amides is 1. The highest BCUT2D eigenvalue weighted by molar-refractivity contribution is 5.92. The molecule has 0 bridgehead atoms. The van der Waals surface area contributed by atoms with Crippen molar-refractivity contribution in [1.82, 2.24) is 15.3 Å². The van der Waals surface area contributed by atoms with Crippen molar-refractivity contribution < 1.29 is 4.79 Å². The van der Waals surface area contributed by atoms with Crippen LogP contribution in [0.2, 0.25) is 0 Å². The van der Waals surface area contributed by atoms with Crippen LogP contribution in [0.5, 0.6) is 0 Å². The highest BCUT2D eigenvalue weighted by Gasteiger charge is 2.08. The third kappa shape index (κ3) is 4.95. The number of carbonyl (C=O) groups excluding carboxylic acids is 1. The lowest BCUT2D eigenvalue weighted by Crippen LogP contribution is -2.26. The number of hydrogen-bond acceptors (Lipinski definition) is 4. The standard InChI is InChI=1S/C13H20N4O/c1-4-7-15-13-16-9-6-11(17-13)12(18)14-8-5-10(2)3/h4,6,9-10H,1,5,7-8H2,2-3H3,(H,14,18)(H,15,16,17). The highest BCUT2D eigenvalue weighted by atomic mass is 16.1. The number of nitrogens with zero attached hydrogens (tertiary/aromatic N) is 2. The molecule has 1 rings (SSSR count). The Balaban J connectivity index is 2.54. The van der Waals surface area contributed by atoms with E-state index in [4.69, 9.17) is 0 Å². The number of hydrogen-bond donors (Lipinski definition) is 2. The average molecular weight is 248 g/mol. The van der Waals surface area contributed by atoms with Gasteiger partial charge < -0.3 is 10.6 Å². The van der Waals surface area contributed by atoms with Crippen LogP contribution in [0.4, 0.5) is 5.95 Å². The van der Waals surface area contributed by atoms with Gasteiger partial charge in [-0.3, -0.25) is 4.79 Å². The maximum absolute atomic E-state index is 11.8. The largest absolute Gasteiger partial charge is 0.351 e. The quantitative estimate of drug-likeness (QED) is 0.723. The molecule has 2 N–H and O–H groups in total. The molecule has 1 amide bonds. The van der Waals surface area contributed by atoms with E-state index in [1.165, 1.54) is 0 Å². The first-order chi connectivity index (χ1) is 8.63. The fourth-order valence-electron chi connectivity index (χ4n) is 1.30. The van der Waals surface area contributed by atoms with Gasteiger partial charge in [-0.25, -0.2) is 9.97 Å². The molecule has 0 fully saturated rings. The maximum Gasteiger partial charge on any atom is 0.270 e. The number of rotatable bonds is 7. The Kier molecular flexibility index (Phi) is 5.84. The van der Waals surface area contributed by atoms with Gasteiger partial charge in [0.1, 0.15) is 5.69 Å². The third-order valence-electron chi connectivity index (χ3n) is 2.30. The minimum Gasteiger partial charge on any atom is -0.351 e. The Bertz CT molecular complexity index is 404. The predicted octanol–water partition coefficient (Wildman–Crippen LogP) is 1.85. The molecule has 5 nitrogen and oxygen atoms in total. The molecule has 98 valence electrons. The molecule has 0 saturated carbocycles. The molecule has 1 aromatic heterocycles. The summed E-state index contributed by atoms with van der Waals surface area (Å²) in [4.78, 5) is 19.9. The molecule has 0 radical (unpaired) electrons. The molecular weight excluding hydrogens is 228 g/mol. The smallest absolute Gasteiger partial charge is 0.270 e. The summed E-state index contributed by atoms with van der Waals surface area (Å²) in [5.41, 5.74) is 0.375. The summed E-state index contributed by atoms with van der Waals surface area (Å²) in [6.45, 7) is 9.06. The highest BCUT2D eigenvalue weighted by Crippen LogP contribution is 2.01. The van der Waals surface area contributed by atoms with Crippen molar-refractivity contribution >= 4 is 11.9 Å². The Morgan fingerprint density at radius 2 is 2.33 bits per heavy atom. The van der Waals surface area contributed by atoms with E-state index in [-0.39, 0.29) is 5.91 Å². The fourth-order valence-corrected chi connectivity index (χ4v) is 1.30. The molecule has 0 aliphatic rings. The maximum atomic E-state index is 11.8. The van der Waals surface area contributed by atoms with Crippen LogP contribution in [0.3, 0.4) is 0 Å². The van der Waals surface area contributed by atoms with E-state index >= 15 is 0 Å². The van der Waals surface area contributed by atoms with Gasteiger partial charge in [0.05, 0.1) is 0 Å². The van der Waals surface area contributed by atoms with Crippen molar-refractivity contribution in [2.45, 2.75) is 20.3 Å². The normalized spacial score (nSPS) is 10.2. The second-order valence-corrected chi connectivity index (χ2v) is 4.37. The molecule has 0 aromatic carbocycles. The molecule has 18 heavy (non-hydrogen) atoms. The summed E-state index contributed by atoms with van der Waals surface area (Å²) < 4.78 is 0. The Labute approximate surface area is 108 Å². The minimum atomic E-state index is -0.167. The summed E-state index contributed by atoms with van der Waals surface area (Å²) in [5, 5.41) is 5.78. The van der Waals surface area contributed by atoms with E-state index in [9.17, 15) is 4.79 Å². The topological polar surface area (TPSA) is 66.9 Å². The lowest BCUT2D eigenvalue weighted by atomic mass is 10.1. The zero-order valence-corrected chi connectivity index (χ0v) is 10.9. The predicted molar refractivity (Wildman–Crippen MR) is 72.5 cm³/mol. The molecule has 0 atom stereocenters. The van der Waals surface area contributed by atoms with Crippen LogP contribution >= 0.6 is 0 Å². The van der Waals surface area contributed by atoms with E-state index in [0.717, 1.165) is 6.42 Å². The van der Waals surface area contributed by atoms with Gasteiger partial charge in [-0.15, -0.1) is 6.58 Å². The summed E-state index contributed by atoms with van der Waals surface area (Å²) >= 11 is 0. The summed E-state index contributed by atoms with van der Waals surface area (Å²) in [6.07, 6.45) is 4.23. The Morgan fingerprint density at radius 1 is 1.56 bits per heavy atom. The van der Waals surface area contributed by atoms with E-state index in [0.29, 0.717) is 30.6 Å². The molecule has 0 spiro atoms. The van der Waals surface area contributed by atoms with Gasteiger partial charge in [0.25, 0.3) is 5.91 Å². The van der Waals surface area contributed by atoms with E-state index in [1.54, 1.807) is 18.3 Å². The van der Waals surface area contributed by atoms with Gasteiger partial charge in [-0.2, -0.15) is 0 Å². The molecule has 0 aliphatic carbocycles. The number of aromatic nitrogens is 2. The number of anilines is 1. The molecule has 0 aliphatic heterocycles. The van der Waals surface area contributed by atoms with Crippen molar-refractivity contribution in [1.29, 1.82) is 0 Å². The Hall–Kier alpha value is -1.91. The Morgan fingerprint density at radius 3 is 3.00 bits per heavy atom. The lowest BCUT2D eigenvalue weighted by Gasteiger charge is -2.07. The van der Waals surface area contributed by atoms with Crippen LogP contribution in [-0.4, -0.2) is 29.0 Å². The third-order valence-corrected chi connectivity index (χ3v) is 2.30. The average Bonchev–Trinajstić information content (AvgIpc) is 2.36. The molecule has 1 heterocycles.